The molecule has 2 aromatic rings. The lowest BCUT2D eigenvalue weighted by molar-refractivity contribution is 0.466. The maximum Gasteiger partial charge on any atom is 0.121 e. The molecule has 0 aliphatic heterocycles. The Morgan fingerprint density at radius 3 is 2.08 bits per heavy atom. The molecule has 1 aromatic heterocycles. The minimum atomic E-state index is 0.444. The molecule has 0 unspecified atom stereocenters. The van der Waals surface area contributed by atoms with Gasteiger partial charge in [0.2, 0.25) is 0 Å². The van der Waals surface area contributed by atoms with Gasteiger partial charge >= 0.3 is 0 Å². The van der Waals surface area contributed by atoms with Gasteiger partial charge in [0.05, 0.1) is 0 Å². The Balaban J connectivity index is 2.06. The van der Waals surface area contributed by atoms with Crippen molar-refractivity contribution in [2.75, 3.05) is 0 Å². The highest BCUT2D eigenvalue weighted by atomic mass is 32.1. The highest BCUT2D eigenvalue weighted by Gasteiger charge is 2.14. The molecule has 0 spiro atoms. The molecule has 0 aliphatic rings. The zero-order valence-corrected chi connectivity index (χ0v) is 17.6. The maximum atomic E-state index is 9.93. The largest absolute Gasteiger partial charge is 0.507 e. The van der Waals surface area contributed by atoms with Crippen molar-refractivity contribution in [1.29, 1.82) is 0 Å². The van der Waals surface area contributed by atoms with Gasteiger partial charge in [0.25, 0.3) is 0 Å². The summed E-state index contributed by atoms with van der Waals surface area (Å²) in [5, 5.41) is 12.3. The third-order valence-corrected chi connectivity index (χ3v) is 5.87. The fourth-order valence-electron chi connectivity index (χ4n) is 3.58. The van der Waals surface area contributed by atoms with Crippen molar-refractivity contribution < 1.29 is 5.11 Å². The molecule has 25 heavy (non-hydrogen) atoms. The van der Waals surface area contributed by atoms with E-state index in [0.29, 0.717) is 11.7 Å². The second-order valence-electron chi connectivity index (χ2n) is 8.29. The first-order chi connectivity index (χ1) is 11.8. The first kappa shape index (κ1) is 20.0. The van der Waals surface area contributed by atoms with Crippen LogP contribution in [0.3, 0.4) is 0 Å². The van der Waals surface area contributed by atoms with Gasteiger partial charge in [-0.1, -0.05) is 39.8 Å². The summed E-state index contributed by atoms with van der Waals surface area (Å²) in [6.07, 6.45) is 5.84. The molecular weight excluding hydrogens is 324 g/mol. The molecule has 1 aromatic carbocycles. The predicted octanol–water partition coefficient (Wildman–Crippen LogP) is 6.64. The highest BCUT2D eigenvalue weighted by molar-refractivity contribution is 7.10. The lowest BCUT2D eigenvalue weighted by atomic mass is 9.93. The van der Waals surface area contributed by atoms with Gasteiger partial charge in [-0.2, -0.15) is 0 Å². The summed E-state index contributed by atoms with van der Waals surface area (Å²) in [7, 11) is 0. The van der Waals surface area contributed by atoms with Crippen molar-refractivity contribution in [2.45, 2.75) is 73.6 Å². The average molecular weight is 359 g/mol. The quantitative estimate of drug-likeness (QED) is 0.560. The van der Waals surface area contributed by atoms with Crippen LogP contribution in [0.4, 0.5) is 0 Å². The summed E-state index contributed by atoms with van der Waals surface area (Å²) < 4.78 is 0. The topological polar surface area (TPSA) is 20.2 Å². The van der Waals surface area contributed by atoms with Crippen LogP contribution in [0, 0.1) is 25.7 Å². The molecule has 0 fully saturated rings. The number of thiophene rings is 1. The Morgan fingerprint density at radius 1 is 0.920 bits per heavy atom. The fourth-order valence-corrected chi connectivity index (χ4v) is 4.72. The number of hydrogen-bond donors (Lipinski definition) is 1. The lowest BCUT2D eigenvalue weighted by Crippen LogP contribution is -2.03. The molecule has 1 nitrogen and oxygen atoms in total. The van der Waals surface area contributed by atoms with Gasteiger partial charge in [-0.25, -0.2) is 0 Å². The number of aromatic hydroxyl groups is 1. The number of phenolic OH excluding ortho intramolecular Hbond substituents is 1. The molecule has 0 amide bonds. The van der Waals surface area contributed by atoms with Crippen LogP contribution in [0.15, 0.2) is 17.5 Å². The van der Waals surface area contributed by atoms with Gasteiger partial charge < -0.3 is 5.11 Å². The van der Waals surface area contributed by atoms with E-state index < -0.39 is 0 Å². The van der Waals surface area contributed by atoms with E-state index in [2.05, 4.69) is 45.2 Å². The molecule has 0 bridgehead atoms. The van der Waals surface area contributed by atoms with Crippen LogP contribution >= 0.6 is 11.3 Å². The molecular formula is C23H34OS. The van der Waals surface area contributed by atoms with Crippen LogP contribution < -0.4 is 0 Å². The summed E-state index contributed by atoms with van der Waals surface area (Å²) in [6.45, 7) is 13.2. The molecule has 0 saturated carbocycles. The van der Waals surface area contributed by atoms with Crippen LogP contribution in [0.5, 0.6) is 5.75 Å². The van der Waals surface area contributed by atoms with E-state index in [1.807, 2.05) is 25.2 Å². The van der Waals surface area contributed by atoms with E-state index in [-0.39, 0.29) is 0 Å². The van der Waals surface area contributed by atoms with Gasteiger partial charge in [-0.15, -0.1) is 11.3 Å². The van der Waals surface area contributed by atoms with E-state index >= 15 is 0 Å². The summed E-state index contributed by atoms with van der Waals surface area (Å²) in [4.78, 5) is 1.59. The van der Waals surface area contributed by atoms with Crippen LogP contribution in [0.1, 0.15) is 66.8 Å². The third-order valence-electron chi connectivity index (χ3n) is 4.73. The molecule has 0 saturated heterocycles. The standard InChI is InChI=1S/C23H34OS/c1-15(2)10-20-14-25-22(21(20)11-16(3)4)9-7-8-19-12-17(5)23(24)18(6)13-19/h12-16,24H,7-11H2,1-6H3. The molecule has 2 heteroatoms. The summed E-state index contributed by atoms with van der Waals surface area (Å²) >= 11 is 1.96. The molecule has 0 radical (unpaired) electrons. The Hall–Kier alpha value is -1.28. The highest BCUT2D eigenvalue weighted by Crippen LogP contribution is 2.29. The molecule has 138 valence electrons. The van der Waals surface area contributed by atoms with E-state index in [4.69, 9.17) is 0 Å². The predicted molar refractivity (Wildman–Crippen MR) is 111 cm³/mol. The van der Waals surface area contributed by atoms with E-state index in [9.17, 15) is 5.11 Å². The van der Waals surface area contributed by atoms with Crippen molar-refractivity contribution in [1.82, 2.24) is 0 Å². The maximum absolute atomic E-state index is 9.93. The Bertz CT molecular complexity index is 671. The minimum absolute atomic E-state index is 0.444. The van der Waals surface area contributed by atoms with Crippen molar-refractivity contribution >= 4 is 11.3 Å². The summed E-state index contributed by atoms with van der Waals surface area (Å²) in [6, 6.07) is 4.27. The van der Waals surface area contributed by atoms with E-state index in [1.165, 1.54) is 31.2 Å². The molecule has 1 N–H and O–H groups in total. The Labute approximate surface area is 158 Å². The minimum Gasteiger partial charge on any atom is -0.507 e. The smallest absolute Gasteiger partial charge is 0.121 e. The first-order valence-corrected chi connectivity index (χ1v) is 10.5. The second kappa shape index (κ2) is 8.89. The van der Waals surface area contributed by atoms with Crippen molar-refractivity contribution in [2.24, 2.45) is 11.8 Å². The SMILES string of the molecule is Cc1cc(CCCc2scc(CC(C)C)c2CC(C)C)cc(C)c1O. The number of phenols is 1. The zero-order chi connectivity index (χ0) is 18.6. The second-order valence-corrected chi connectivity index (χ2v) is 9.25. The van der Waals surface area contributed by atoms with Gasteiger partial charge in [-0.3, -0.25) is 0 Å². The zero-order valence-electron chi connectivity index (χ0n) is 16.8. The number of aryl methyl sites for hydroxylation is 4. The average Bonchev–Trinajstić information content (AvgIpc) is 2.86. The number of benzene rings is 1. The third kappa shape index (κ3) is 5.60. The Kier molecular flexibility index (Phi) is 7.13. The summed E-state index contributed by atoms with van der Waals surface area (Å²) in [5.41, 5.74) is 6.54. The van der Waals surface area contributed by atoms with Gasteiger partial charge in [0, 0.05) is 4.88 Å². The summed E-state index contributed by atoms with van der Waals surface area (Å²) in [5.74, 6) is 1.87. The van der Waals surface area contributed by atoms with Crippen LogP contribution in [-0.4, -0.2) is 5.11 Å². The number of rotatable bonds is 8. The Morgan fingerprint density at radius 2 is 1.52 bits per heavy atom. The van der Waals surface area contributed by atoms with Crippen LogP contribution in [0.2, 0.25) is 0 Å². The van der Waals surface area contributed by atoms with Gasteiger partial charge in [0.1, 0.15) is 5.75 Å². The van der Waals surface area contributed by atoms with E-state index in [0.717, 1.165) is 23.5 Å². The lowest BCUT2D eigenvalue weighted by Gasteiger charge is -2.12. The fraction of sp³-hybridized carbons (Fsp3) is 0.565. The van der Waals surface area contributed by atoms with Gasteiger partial charge in [-0.05, 0) is 91.0 Å². The van der Waals surface area contributed by atoms with E-state index in [1.54, 1.807) is 16.0 Å². The molecule has 0 aliphatic carbocycles. The van der Waals surface area contributed by atoms with Crippen LogP contribution in [0.25, 0.3) is 0 Å². The van der Waals surface area contributed by atoms with Crippen molar-refractivity contribution in [3.63, 3.8) is 0 Å². The van der Waals surface area contributed by atoms with Gasteiger partial charge in [0.15, 0.2) is 0 Å². The molecule has 0 atom stereocenters. The normalized spacial score (nSPS) is 11.7. The number of hydrogen-bond acceptors (Lipinski definition) is 2. The van der Waals surface area contributed by atoms with Crippen LogP contribution in [-0.2, 0) is 25.7 Å². The molecule has 2 rings (SSSR count). The molecule has 1 heterocycles. The van der Waals surface area contributed by atoms with Crippen molar-refractivity contribution in [3.05, 3.63) is 50.2 Å². The monoisotopic (exact) mass is 358 g/mol. The first-order valence-electron chi connectivity index (χ1n) is 9.65. The van der Waals surface area contributed by atoms with Crippen molar-refractivity contribution in [3.8, 4) is 5.75 Å².